The molecule has 0 amide bonds. The van der Waals surface area contributed by atoms with E-state index in [9.17, 15) is 8.42 Å². The first kappa shape index (κ1) is 14.4. The van der Waals surface area contributed by atoms with E-state index < -0.39 is 10.0 Å². The first-order valence-corrected chi connectivity index (χ1v) is 8.98. The summed E-state index contributed by atoms with van der Waals surface area (Å²) >= 11 is 1.51. The average molecular weight is 298 g/mol. The van der Waals surface area contributed by atoms with E-state index >= 15 is 0 Å². The van der Waals surface area contributed by atoms with Gasteiger partial charge in [-0.15, -0.1) is 0 Å². The second-order valence-corrected chi connectivity index (χ2v) is 7.53. The minimum Gasteiger partial charge on any atom is -0.261 e. The second-order valence-electron chi connectivity index (χ2n) is 4.63. The van der Waals surface area contributed by atoms with E-state index in [2.05, 4.69) is 4.99 Å². The highest BCUT2D eigenvalue weighted by Gasteiger charge is 2.27. The summed E-state index contributed by atoms with van der Waals surface area (Å²) in [6.45, 7) is 4.54. The van der Waals surface area contributed by atoms with Gasteiger partial charge in [0.15, 0.2) is 5.17 Å². The molecule has 1 heterocycles. The molecule has 0 saturated heterocycles. The molecule has 19 heavy (non-hydrogen) atoms. The summed E-state index contributed by atoms with van der Waals surface area (Å²) in [7, 11) is -3.38. The first-order chi connectivity index (χ1) is 8.91. The fourth-order valence-corrected chi connectivity index (χ4v) is 4.47. The summed E-state index contributed by atoms with van der Waals surface area (Å²) in [5.41, 5.74) is 2.62. The predicted octanol–water partition coefficient (Wildman–Crippen LogP) is 2.56. The average Bonchev–Trinajstić information content (AvgIpc) is 2.33. The van der Waals surface area contributed by atoms with Gasteiger partial charge in [0.25, 0.3) is 0 Å². The zero-order valence-corrected chi connectivity index (χ0v) is 13.0. The van der Waals surface area contributed by atoms with Crippen molar-refractivity contribution in [2.24, 2.45) is 4.99 Å². The zero-order valence-electron chi connectivity index (χ0n) is 11.4. The van der Waals surface area contributed by atoms with Gasteiger partial charge in [0, 0.05) is 12.3 Å². The lowest BCUT2D eigenvalue weighted by Gasteiger charge is -2.28. The van der Waals surface area contributed by atoms with Gasteiger partial charge >= 0.3 is 0 Å². The van der Waals surface area contributed by atoms with Crippen molar-refractivity contribution < 1.29 is 8.42 Å². The Kier molecular flexibility index (Phi) is 4.20. The minimum atomic E-state index is -3.38. The normalized spacial score (nSPS) is 16.1. The number of anilines is 1. The summed E-state index contributed by atoms with van der Waals surface area (Å²) in [4.78, 5) is 4.38. The summed E-state index contributed by atoms with van der Waals surface area (Å²) in [5.74, 6) is 0.912. The van der Waals surface area contributed by atoms with Crippen LogP contribution >= 0.6 is 11.8 Å². The number of rotatable bonds is 2. The fraction of sp³-hybridized carbons (Fsp3) is 0.462. The number of thioether (sulfide) groups is 1. The van der Waals surface area contributed by atoms with E-state index in [-0.39, 0.29) is 0 Å². The molecule has 0 aromatic heterocycles. The van der Waals surface area contributed by atoms with Crippen molar-refractivity contribution in [2.45, 2.75) is 20.3 Å². The van der Waals surface area contributed by atoms with Crippen molar-refractivity contribution in [1.29, 1.82) is 0 Å². The second kappa shape index (κ2) is 5.54. The number of amidine groups is 1. The highest BCUT2D eigenvalue weighted by atomic mass is 32.2. The van der Waals surface area contributed by atoms with Crippen molar-refractivity contribution in [2.75, 3.05) is 22.9 Å². The molecule has 0 radical (unpaired) electrons. The van der Waals surface area contributed by atoms with E-state index in [0.29, 0.717) is 11.7 Å². The molecule has 0 spiro atoms. The maximum absolute atomic E-state index is 12.2. The zero-order chi connectivity index (χ0) is 14.0. The number of aliphatic imine (C=N–C) groups is 1. The van der Waals surface area contributed by atoms with E-state index in [0.717, 1.165) is 29.0 Å². The van der Waals surface area contributed by atoms with Gasteiger partial charge < -0.3 is 0 Å². The molecule has 0 saturated carbocycles. The Morgan fingerprint density at radius 2 is 1.89 bits per heavy atom. The molecule has 0 bridgehead atoms. The lowest BCUT2D eigenvalue weighted by molar-refractivity contribution is 0.602. The molecule has 0 fully saturated rings. The molecular formula is C13H18N2O2S2. The van der Waals surface area contributed by atoms with Gasteiger partial charge in [-0.1, -0.05) is 30.0 Å². The standard InChI is InChI=1S/C13H18N2O2S2/c1-10-6-4-7-11(2)12(10)15(19(3,16)17)13-14-8-5-9-18-13/h4,6-7H,5,8-9H2,1-3H3. The van der Waals surface area contributed by atoms with Crippen molar-refractivity contribution in [3.05, 3.63) is 29.3 Å². The van der Waals surface area contributed by atoms with Crippen LogP contribution < -0.4 is 4.31 Å². The monoisotopic (exact) mass is 298 g/mol. The van der Waals surface area contributed by atoms with Crippen molar-refractivity contribution in [3.8, 4) is 0 Å². The first-order valence-electron chi connectivity index (χ1n) is 6.15. The van der Waals surface area contributed by atoms with E-state index in [1.807, 2.05) is 32.0 Å². The largest absolute Gasteiger partial charge is 0.261 e. The van der Waals surface area contributed by atoms with Crippen molar-refractivity contribution >= 4 is 32.6 Å². The third kappa shape index (κ3) is 3.12. The van der Waals surface area contributed by atoms with E-state index in [1.54, 1.807) is 0 Å². The maximum atomic E-state index is 12.2. The molecular weight excluding hydrogens is 280 g/mol. The van der Waals surface area contributed by atoms with Gasteiger partial charge in [0.1, 0.15) is 0 Å². The molecule has 1 aromatic rings. The molecule has 0 N–H and O–H groups in total. The quantitative estimate of drug-likeness (QED) is 0.843. The van der Waals surface area contributed by atoms with Gasteiger partial charge in [-0.25, -0.2) is 12.7 Å². The maximum Gasteiger partial charge on any atom is 0.238 e. The number of sulfonamides is 1. The Bertz CT molecular complexity index is 589. The van der Waals surface area contributed by atoms with Crippen LogP contribution in [-0.4, -0.2) is 32.1 Å². The lowest BCUT2D eigenvalue weighted by Crippen LogP contribution is -2.36. The van der Waals surface area contributed by atoms with Crippen molar-refractivity contribution in [3.63, 3.8) is 0 Å². The number of hydrogen-bond donors (Lipinski definition) is 0. The van der Waals surface area contributed by atoms with Crippen LogP contribution in [0, 0.1) is 13.8 Å². The number of aryl methyl sites for hydroxylation is 2. The summed E-state index contributed by atoms with van der Waals surface area (Å²) in [6.07, 6.45) is 2.23. The molecule has 1 aromatic carbocycles. The summed E-state index contributed by atoms with van der Waals surface area (Å²) in [6, 6.07) is 5.79. The van der Waals surface area contributed by atoms with Crippen LogP contribution in [0.2, 0.25) is 0 Å². The molecule has 1 aliphatic heterocycles. The lowest BCUT2D eigenvalue weighted by atomic mass is 10.1. The summed E-state index contributed by atoms with van der Waals surface area (Å²) < 4.78 is 25.7. The van der Waals surface area contributed by atoms with Crippen molar-refractivity contribution in [1.82, 2.24) is 0 Å². The van der Waals surface area contributed by atoms with Gasteiger partial charge in [0.05, 0.1) is 11.9 Å². The predicted molar refractivity (Wildman–Crippen MR) is 82.6 cm³/mol. The van der Waals surface area contributed by atoms with Crippen LogP contribution in [0.25, 0.3) is 0 Å². The van der Waals surface area contributed by atoms with Gasteiger partial charge in [0.2, 0.25) is 10.0 Å². The molecule has 0 aliphatic carbocycles. The van der Waals surface area contributed by atoms with Crippen LogP contribution in [0.3, 0.4) is 0 Å². The SMILES string of the molecule is Cc1cccc(C)c1N(C1=NCCCS1)S(C)(=O)=O. The van der Waals surface area contributed by atoms with E-state index in [4.69, 9.17) is 0 Å². The Morgan fingerprint density at radius 1 is 1.26 bits per heavy atom. The highest BCUT2D eigenvalue weighted by Crippen LogP contribution is 2.30. The van der Waals surface area contributed by atoms with E-state index in [1.165, 1.54) is 22.3 Å². The number of para-hydroxylation sites is 1. The molecule has 0 unspecified atom stereocenters. The third-order valence-corrected chi connectivity index (χ3v) is 5.13. The summed E-state index contributed by atoms with van der Waals surface area (Å²) in [5, 5.41) is 0.589. The Balaban J connectivity index is 2.59. The molecule has 2 rings (SSSR count). The molecule has 6 heteroatoms. The Morgan fingerprint density at radius 3 is 2.37 bits per heavy atom. The Hall–Kier alpha value is -1.01. The van der Waals surface area contributed by atoms with Gasteiger partial charge in [-0.05, 0) is 31.4 Å². The molecule has 104 valence electrons. The van der Waals surface area contributed by atoms with Gasteiger partial charge in [-0.2, -0.15) is 0 Å². The third-order valence-electron chi connectivity index (χ3n) is 2.93. The molecule has 0 atom stereocenters. The number of nitrogens with zero attached hydrogens (tertiary/aromatic N) is 2. The van der Waals surface area contributed by atoms with Crippen LogP contribution in [0.4, 0.5) is 5.69 Å². The Labute approximate surface area is 119 Å². The fourth-order valence-electron chi connectivity index (χ4n) is 2.10. The minimum absolute atomic E-state index is 0.589. The van der Waals surface area contributed by atoms with Crippen LogP contribution in [0.5, 0.6) is 0 Å². The number of hydrogen-bond acceptors (Lipinski definition) is 4. The smallest absolute Gasteiger partial charge is 0.238 e. The van der Waals surface area contributed by atoms with Crippen LogP contribution in [0.15, 0.2) is 23.2 Å². The van der Waals surface area contributed by atoms with Gasteiger partial charge in [-0.3, -0.25) is 4.99 Å². The molecule has 4 nitrogen and oxygen atoms in total. The molecule has 1 aliphatic rings. The number of benzene rings is 1. The highest BCUT2D eigenvalue weighted by molar-refractivity contribution is 8.15. The topological polar surface area (TPSA) is 49.7 Å². The van der Waals surface area contributed by atoms with Crippen LogP contribution in [0.1, 0.15) is 17.5 Å². The van der Waals surface area contributed by atoms with Crippen LogP contribution in [-0.2, 0) is 10.0 Å².